The summed E-state index contributed by atoms with van der Waals surface area (Å²) in [5.74, 6) is 0. The van der Waals surface area contributed by atoms with E-state index in [4.69, 9.17) is 0 Å². The van der Waals surface area contributed by atoms with Gasteiger partial charge in [-0.3, -0.25) is 4.98 Å². The van der Waals surface area contributed by atoms with Gasteiger partial charge in [0.05, 0.1) is 0 Å². The number of pyridine rings is 1. The first-order chi connectivity index (χ1) is 7.65. The summed E-state index contributed by atoms with van der Waals surface area (Å²) in [5, 5.41) is 3.63. The summed E-state index contributed by atoms with van der Waals surface area (Å²) < 4.78 is 0. The summed E-state index contributed by atoms with van der Waals surface area (Å²) >= 11 is 0. The molecule has 0 aliphatic heterocycles. The number of hydrogen-bond donors (Lipinski definition) is 1. The van der Waals surface area contributed by atoms with E-state index in [1.807, 2.05) is 12.4 Å². The first kappa shape index (κ1) is 13.2. The van der Waals surface area contributed by atoms with Crippen molar-refractivity contribution in [3.05, 3.63) is 29.6 Å². The highest BCUT2D eigenvalue weighted by atomic mass is 14.9. The van der Waals surface area contributed by atoms with Crippen LogP contribution in [0.4, 0.5) is 0 Å². The third-order valence-corrected chi connectivity index (χ3v) is 2.84. The monoisotopic (exact) mass is 220 g/mol. The zero-order chi connectivity index (χ0) is 12.0. The zero-order valence-corrected chi connectivity index (χ0v) is 11.0. The van der Waals surface area contributed by atoms with E-state index >= 15 is 0 Å². The van der Waals surface area contributed by atoms with Gasteiger partial charge in [-0.2, -0.15) is 0 Å². The van der Waals surface area contributed by atoms with E-state index in [1.54, 1.807) is 0 Å². The number of nitrogens with zero attached hydrogens (tertiary/aromatic N) is 1. The summed E-state index contributed by atoms with van der Waals surface area (Å²) in [6.45, 7) is 8.80. The number of aryl methyl sites for hydroxylation is 1. The van der Waals surface area contributed by atoms with Gasteiger partial charge in [0.1, 0.15) is 0 Å². The van der Waals surface area contributed by atoms with Crippen LogP contribution >= 0.6 is 0 Å². The summed E-state index contributed by atoms with van der Waals surface area (Å²) in [6, 6.07) is 3.06. The normalized spacial score (nSPS) is 13.1. The second kappa shape index (κ2) is 6.64. The molecule has 1 aromatic heterocycles. The summed E-state index contributed by atoms with van der Waals surface area (Å²) in [4.78, 5) is 4.24. The average molecular weight is 220 g/mol. The third-order valence-electron chi connectivity index (χ3n) is 2.84. The highest BCUT2D eigenvalue weighted by Gasteiger charge is 2.13. The van der Waals surface area contributed by atoms with Crippen molar-refractivity contribution in [2.45, 2.75) is 59.0 Å². The van der Waals surface area contributed by atoms with Crippen LogP contribution in [0.5, 0.6) is 0 Å². The molecular weight excluding hydrogens is 196 g/mol. The van der Waals surface area contributed by atoms with Crippen LogP contribution in [0.15, 0.2) is 18.5 Å². The topological polar surface area (TPSA) is 24.9 Å². The molecule has 2 heteroatoms. The largest absolute Gasteiger partial charge is 0.308 e. The number of unbranched alkanes of at least 4 members (excludes halogenated alkanes) is 1. The predicted molar refractivity (Wildman–Crippen MR) is 69.5 cm³/mol. The second-order valence-corrected chi connectivity index (χ2v) is 4.75. The molecule has 0 spiro atoms. The molecule has 90 valence electrons. The Bertz CT molecular complexity index is 307. The molecular formula is C14H24N2. The molecule has 0 saturated carbocycles. The minimum atomic E-state index is 0.452. The molecule has 1 N–H and O–H groups in total. The van der Waals surface area contributed by atoms with E-state index in [1.165, 1.54) is 30.4 Å². The van der Waals surface area contributed by atoms with Gasteiger partial charge in [0.15, 0.2) is 0 Å². The van der Waals surface area contributed by atoms with Crippen molar-refractivity contribution >= 4 is 0 Å². The lowest BCUT2D eigenvalue weighted by Crippen LogP contribution is -2.28. The Morgan fingerprint density at radius 1 is 1.38 bits per heavy atom. The molecule has 1 rings (SSSR count). The Morgan fingerprint density at radius 3 is 2.69 bits per heavy atom. The molecule has 2 nitrogen and oxygen atoms in total. The summed E-state index contributed by atoms with van der Waals surface area (Å²) in [6.07, 6.45) is 7.58. The number of aromatic nitrogens is 1. The SMILES string of the molecule is CCCCC(NC(C)C)c1cnccc1C. The van der Waals surface area contributed by atoms with E-state index in [0.717, 1.165) is 0 Å². The van der Waals surface area contributed by atoms with Gasteiger partial charge in [-0.1, -0.05) is 33.6 Å². The van der Waals surface area contributed by atoms with Crippen LogP contribution < -0.4 is 5.32 Å². The molecule has 0 aliphatic carbocycles. The Kier molecular flexibility index (Phi) is 5.47. The molecule has 1 atom stereocenters. The van der Waals surface area contributed by atoms with Crippen molar-refractivity contribution in [3.8, 4) is 0 Å². The van der Waals surface area contributed by atoms with Gasteiger partial charge in [0, 0.05) is 24.5 Å². The van der Waals surface area contributed by atoms with Crippen molar-refractivity contribution < 1.29 is 0 Å². The Morgan fingerprint density at radius 2 is 2.12 bits per heavy atom. The molecule has 16 heavy (non-hydrogen) atoms. The van der Waals surface area contributed by atoms with Gasteiger partial charge in [-0.25, -0.2) is 0 Å². The minimum absolute atomic E-state index is 0.452. The summed E-state index contributed by atoms with van der Waals surface area (Å²) in [5.41, 5.74) is 2.69. The molecule has 0 bridgehead atoms. The lowest BCUT2D eigenvalue weighted by Gasteiger charge is -2.22. The van der Waals surface area contributed by atoms with Gasteiger partial charge in [-0.15, -0.1) is 0 Å². The third kappa shape index (κ3) is 3.93. The van der Waals surface area contributed by atoms with Gasteiger partial charge in [0.25, 0.3) is 0 Å². The highest BCUT2D eigenvalue weighted by Crippen LogP contribution is 2.22. The Hall–Kier alpha value is -0.890. The fourth-order valence-corrected chi connectivity index (χ4v) is 1.98. The molecule has 0 fully saturated rings. The number of rotatable bonds is 6. The van der Waals surface area contributed by atoms with Crippen molar-refractivity contribution in [3.63, 3.8) is 0 Å². The van der Waals surface area contributed by atoms with Gasteiger partial charge in [0.2, 0.25) is 0 Å². The zero-order valence-electron chi connectivity index (χ0n) is 11.0. The number of hydrogen-bond acceptors (Lipinski definition) is 2. The maximum Gasteiger partial charge on any atom is 0.0340 e. The van der Waals surface area contributed by atoms with Gasteiger partial charge >= 0.3 is 0 Å². The molecule has 0 saturated heterocycles. The van der Waals surface area contributed by atoms with E-state index in [9.17, 15) is 0 Å². The second-order valence-electron chi connectivity index (χ2n) is 4.75. The molecule has 1 unspecified atom stereocenters. The van der Waals surface area contributed by atoms with Crippen molar-refractivity contribution in [2.75, 3.05) is 0 Å². The quantitative estimate of drug-likeness (QED) is 0.792. The van der Waals surface area contributed by atoms with Crippen LogP contribution in [0.25, 0.3) is 0 Å². The maximum atomic E-state index is 4.24. The molecule has 0 radical (unpaired) electrons. The van der Waals surface area contributed by atoms with Crippen LogP contribution in [-0.2, 0) is 0 Å². The van der Waals surface area contributed by atoms with E-state index < -0.39 is 0 Å². The van der Waals surface area contributed by atoms with Crippen molar-refractivity contribution in [1.29, 1.82) is 0 Å². The van der Waals surface area contributed by atoms with Gasteiger partial charge < -0.3 is 5.32 Å². The fourth-order valence-electron chi connectivity index (χ4n) is 1.98. The molecule has 1 aromatic rings. The molecule has 0 aliphatic rings. The molecule has 0 amide bonds. The maximum absolute atomic E-state index is 4.24. The van der Waals surface area contributed by atoms with Crippen LogP contribution in [-0.4, -0.2) is 11.0 Å². The molecule has 1 heterocycles. The first-order valence-electron chi connectivity index (χ1n) is 6.31. The standard InChI is InChI=1S/C14H24N2/c1-5-6-7-14(16-11(2)3)13-10-15-9-8-12(13)4/h8-11,14,16H,5-7H2,1-4H3. The minimum Gasteiger partial charge on any atom is -0.308 e. The first-order valence-corrected chi connectivity index (χ1v) is 6.31. The Balaban J connectivity index is 2.78. The lowest BCUT2D eigenvalue weighted by atomic mass is 9.98. The van der Waals surface area contributed by atoms with Crippen LogP contribution in [0.1, 0.15) is 57.2 Å². The highest BCUT2D eigenvalue weighted by molar-refractivity contribution is 5.25. The van der Waals surface area contributed by atoms with Crippen molar-refractivity contribution in [2.24, 2.45) is 0 Å². The van der Waals surface area contributed by atoms with E-state index in [0.29, 0.717) is 12.1 Å². The fraction of sp³-hybridized carbons (Fsp3) is 0.643. The van der Waals surface area contributed by atoms with Crippen LogP contribution in [0.2, 0.25) is 0 Å². The summed E-state index contributed by atoms with van der Waals surface area (Å²) in [7, 11) is 0. The molecule has 0 aromatic carbocycles. The number of nitrogens with one attached hydrogen (secondary N) is 1. The predicted octanol–water partition coefficient (Wildman–Crippen LogP) is 3.62. The van der Waals surface area contributed by atoms with Gasteiger partial charge in [-0.05, 0) is 30.5 Å². The van der Waals surface area contributed by atoms with Crippen molar-refractivity contribution in [1.82, 2.24) is 10.3 Å². The Labute approximate surface area is 99.5 Å². The lowest BCUT2D eigenvalue weighted by molar-refractivity contribution is 0.437. The van der Waals surface area contributed by atoms with E-state index in [-0.39, 0.29) is 0 Å². The van der Waals surface area contributed by atoms with E-state index in [2.05, 4.69) is 44.1 Å². The smallest absolute Gasteiger partial charge is 0.0340 e. The van der Waals surface area contributed by atoms with Crippen LogP contribution in [0.3, 0.4) is 0 Å². The average Bonchev–Trinajstić information content (AvgIpc) is 2.24. The van der Waals surface area contributed by atoms with Crippen LogP contribution in [0, 0.1) is 6.92 Å².